The quantitative estimate of drug-likeness (QED) is 0.716. The van der Waals surface area contributed by atoms with E-state index in [1.807, 2.05) is 45.0 Å². The molecular formula is C22H25FN4O2. The molecule has 1 amide bonds. The summed E-state index contributed by atoms with van der Waals surface area (Å²) in [5.74, 6) is 0.489. The van der Waals surface area contributed by atoms with Gasteiger partial charge in [-0.25, -0.2) is 14.2 Å². The lowest BCUT2D eigenvalue weighted by atomic mass is 10.1. The lowest BCUT2D eigenvalue weighted by Gasteiger charge is -2.40. The van der Waals surface area contributed by atoms with Gasteiger partial charge in [0.15, 0.2) is 0 Å². The predicted octanol–water partition coefficient (Wildman–Crippen LogP) is 4.25. The van der Waals surface area contributed by atoms with Crippen molar-refractivity contribution in [3.05, 3.63) is 59.9 Å². The molecule has 152 valence electrons. The SMILES string of the molecule is CC(C)(C)OC(=O)N1CC(Nc2nc3ccccc3n2Cc2ccc(F)cc2)C1. The summed E-state index contributed by atoms with van der Waals surface area (Å²) < 4.78 is 20.7. The van der Waals surface area contributed by atoms with Gasteiger partial charge in [0.25, 0.3) is 0 Å². The van der Waals surface area contributed by atoms with E-state index in [2.05, 4.69) is 9.88 Å². The van der Waals surface area contributed by atoms with Gasteiger partial charge in [-0.15, -0.1) is 0 Å². The van der Waals surface area contributed by atoms with Crippen LogP contribution in [-0.4, -0.2) is 45.3 Å². The second kappa shape index (κ2) is 7.39. The fraction of sp³-hybridized carbons (Fsp3) is 0.364. The number of ether oxygens (including phenoxy) is 1. The number of benzene rings is 2. The van der Waals surface area contributed by atoms with Crippen molar-refractivity contribution in [1.82, 2.24) is 14.5 Å². The number of likely N-dealkylation sites (tertiary alicyclic amines) is 1. The maximum Gasteiger partial charge on any atom is 0.410 e. The van der Waals surface area contributed by atoms with Crippen LogP contribution in [0.2, 0.25) is 0 Å². The number of amides is 1. The topological polar surface area (TPSA) is 59.4 Å². The van der Waals surface area contributed by atoms with E-state index in [9.17, 15) is 9.18 Å². The Kier molecular flexibility index (Phi) is 4.90. The summed E-state index contributed by atoms with van der Waals surface area (Å²) in [5, 5.41) is 3.44. The molecule has 0 spiro atoms. The maximum absolute atomic E-state index is 13.3. The molecule has 0 aliphatic carbocycles. The van der Waals surface area contributed by atoms with Crippen LogP contribution in [0, 0.1) is 5.82 Å². The van der Waals surface area contributed by atoms with E-state index in [1.54, 1.807) is 17.0 Å². The fourth-order valence-corrected chi connectivity index (χ4v) is 3.35. The van der Waals surface area contributed by atoms with Crippen LogP contribution in [-0.2, 0) is 11.3 Å². The average Bonchev–Trinajstić information content (AvgIpc) is 2.95. The summed E-state index contributed by atoms with van der Waals surface area (Å²) in [6.07, 6.45) is -0.296. The van der Waals surface area contributed by atoms with Gasteiger partial charge in [-0.1, -0.05) is 24.3 Å². The monoisotopic (exact) mass is 396 g/mol. The van der Waals surface area contributed by atoms with E-state index in [-0.39, 0.29) is 18.0 Å². The van der Waals surface area contributed by atoms with Crippen molar-refractivity contribution in [1.29, 1.82) is 0 Å². The molecule has 7 heteroatoms. The zero-order valence-electron chi connectivity index (χ0n) is 16.9. The smallest absolute Gasteiger partial charge is 0.410 e. The van der Waals surface area contributed by atoms with Crippen LogP contribution in [0.15, 0.2) is 48.5 Å². The molecule has 6 nitrogen and oxygen atoms in total. The largest absolute Gasteiger partial charge is 0.444 e. The molecule has 29 heavy (non-hydrogen) atoms. The van der Waals surface area contributed by atoms with Crippen molar-refractivity contribution in [2.24, 2.45) is 0 Å². The summed E-state index contributed by atoms with van der Waals surface area (Å²) in [7, 11) is 0. The van der Waals surface area contributed by atoms with Crippen molar-refractivity contribution in [3.8, 4) is 0 Å². The number of imidazole rings is 1. The van der Waals surface area contributed by atoms with E-state index < -0.39 is 5.60 Å². The Labute approximate surface area is 169 Å². The number of carbonyl (C=O) groups is 1. The zero-order chi connectivity index (χ0) is 20.6. The number of para-hydroxylation sites is 2. The molecule has 0 atom stereocenters. The Morgan fingerprint density at radius 2 is 1.86 bits per heavy atom. The molecular weight excluding hydrogens is 371 g/mol. The third-order valence-corrected chi connectivity index (χ3v) is 4.77. The Morgan fingerprint density at radius 1 is 1.17 bits per heavy atom. The fourth-order valence-electron chi connectivity index (χ4n) is 3.35. The van der Waals surface area contributed by atoms with Gasteiger partial charge in [-0.05, 0) is 50.6 Å². The molecule has 0 bridgehead atoms. The minimum absolute atomic E-state index is 0.103. The molecule has 1 aliphatic heterocycles. The molecule has 0 unspecified atom stereocenters. The molecule has 3 aromatic rings. The Morgan fingerprint density at radius 3 is 2.55 bits per heavy atom. The van der Waals surface area contributed by atoms with Crippen LogP contribution in [0.3, 0.4) is 0 Å². The van der Waals surface area contributed by atoms with Gasteiger partial charge in [0.1, 0.15) is 11.4 Å². The molecule has 1 aliphatic rings. The van der Waals surface area contributed by atoms with Gasteiger partial charge in [0.2, 0.25) is 5.95 Å². The number of nitrogens with one attached hydrogen (secondary N) is 1. The van der Waals surface area contributed by atoms with Crippen LogP contribution in [0.25, 0.3) is 11.0 Å². The Bertz CT molecular complexity index is 1020. The summed E-state index contributed by atoms with van der Waals surface area (Å²) in [5.41, 5.74) is 2.38. The van der Waals surface area contributed by atoms with Crippen molar-refractivity contribution in [2.45, 2.75) is 39.0 Å². The van der Waals surface area contributed by atoms with Gasteiger partial charge >= 0.3 is 6.09 Å². The van der Waals surface area contributed by atoms with E-state index in [0.717, 1.165) is 22.5 Å². The Balaban J connectivity index is 1.49. The van der Waals surface area contributed by atoms with Crippen molar-refractivity contribution in [3.63, 3.8) is 0 Å². The lowest BCUT2D eigenvalue weighted by Crippen LogP contribution is -2.58. The van der Waals surface area contributed by atoms with Crippen molar-refractivity contribution < 1.29 is 13.9 Å². The maximum atomic E-state index is 13.3. The van der Waals surface area contributed by atoms with E-state index in [4.69, 9.17) is 9.72 Å². The second-order valence-corrected chi connectivity index (χ2v) is 8.36. The second-order valence-electron chi connectivity index (χ2n) is 8.36. The summed E-state index contributed by atoms with van der Waals surface area (Å²) >= 11 is 0. The third-order valence-electron chi connectivity index (χ3n) is 4.77. The first-order valence-electron chi connectivity index (χ1n) is 9.73. The molecule has 2 aromatic carbocycles. The standard InChI is InChI=1S/C22H25FN4O2/c1-22(2,3)29-21(28)26-13-17(14-26)24-20-25-18-6-4-5-7-19(18)27(20)12-15-8-10-16(23)11-9-15/h4-11,17H,12-14H2,1-3H3,(H,24,25). The first-order chi connectivity index (χ1) is 13.8. The highest BCUT2D eigenvalue weighted by Gasteiger charge is 2.34. The number of nitrogens with zero attached hydrogens (tertiary/aromatic N) is 3. The normalized spacial score (nSPS) is 14.7. The van der Waals surface area contributed by atoms with Gasteiger partial charge in [0.05, 0.1) is 23.6 Å². The van der Waals surface area contributed by atoms with Crippen LogP contribution in [0.4, 0.5) is 15.1 Å². The van der Waals surface area contributed by atoms with Gasteiger partial charge in [-0.3, -0.25) is 0 Å². The van der Waals surface area contributed by atoms with Crippen LogP contribution < -0.4 is 5.32 Å². The van der Waals surface area contributed by atoms with Gasteiger partial charge in [0, 0.05) is 13.1 Å². The number of hydrogen-bond acceptors (Lipinski definition) is 4. The first-order valence-corrected chi connectivity index (χ1v) is 9.73. The molecule has 1 aromatic heterocycles. The van der Waals surface area contributed by atoms with Gasteiger partial charge < -0.3 is 19.5 Å². The number of aromatic nitrogens is 2. The van der Waals surface area contributed by atoms with Crippen LogP contribution in [0.5, 0.6) is 0 Å². The number of carbonyl (C=O) groups excluding carboxylic acids is 1. The molecule has 0 radical (unpaired) electrons. The third kappa shape index (κ3) is 4.34. The molecule has 0 saturated carbocycles. The number of hydrogen-bond donors (Lipinski definition) is 1. The Hall–Kier alpha value is -3.09. The average molecular weight is 396 g/mol. The number of rotatable bonds is 4. The highest BCUT2D eigenvalue weighted by atomic mass is 19.1. The highest BCUT2D eigenvalue weighted by molar-refractivity contribution is 5.79. The molecule has 1 saturated heterocycles. The number of fused-ring (bicyclic) bond motifs is 1. The molecule has 2 heterocycles. The van der Waals surface area contributed by atoms with Crippen molar-refractivity contribution in [2.75, 3.05) is 18.4 Å². The van der Waals surface area contributed by atoms with E-state index in [1.165, 1.54) is 12.1 Å². The zero-order valence-corrected chi connectivity index (χ0v) is 16.9. The van der Waals surface area contributed by atoms with Crippen LogP contribution in [0.1, 0.15) is 26.3 Å². The van der Waals surface area contributed by atoms with Crippen molar-refractivity contribution >= 4 is 23.1 Å². The molecule has 1 fully saturated rings. The highest BCUT2D eigenvalue weighted by Crippen LogP contribution is 2.24. The van der Waals surface area contributed by atoms with E-state index >= 15 is 0 Å². The first kappa shape index (κ1) is 19.2. The summed E-state index contributed by atoms with van der Waals surface area (Å²) in [6.45, 7) is 7.28. The van der Waals surface area contributed by atoms with Crippen LogP contribution >= 0.6 is 0 Å². The minimum atomic E-state index is -0.501. The molecule has 1 N–H and O–H groups in total. The number of anilines is 1. The van der Waals surface area contributed by atoms with E-state index in [0.29, 0.717) is 19.6 Å². The predicted molar refractivity (Wildman–Crippen MR) is 110 cm³/mol. The van der Waals surface area contributed by atoms with Gasteiger partial charge in [-0.2, -0.15) is 0 Å². The summed E-state index contributed by atoms with van der Waals surface area (Å²) in [6, 6.07) is 14.5. The molecule has 4 rings (SSSR count). The number of halogens is 1. The minimum Gasteiger partial charge on any atom is -0.444 e. The summed E-state index contributed by atoms with van der Waals surface area (Å²) in [4.78, 5) is 18.5. The lowest BCUT2D eigenvalue weighted by molar-refractivity contribution is 0.0104.